The van der Waals surface area contributed by atoms with E-state index in [1.54, 1.807) is 46.0 Å². The van der Waals surface area contributed by atoms with Crippen molar-refractivity contribution in [1.29, 1.82) is 0 Å². The number of H-pyrrole nitrogens is 1. The normalized spacial score (nSPS) is 17.2. The highest BCUT2D eigenvalue weighted by molar-refractivity contribution is 8.24. The van der Waals surface area contributed by atoms with E-state index in [1.807, 2.05) is 6.92 Å². The number of esters is 5. The Labute approximate surface area is 475 Å². The molecule has 4 atom stereocenters. The highest BCUT2D eigenvalue weighted by atomic mass is 36.0. The Morgan fingerprint density at radius 1 is 0.675 bits per heavy atom. The lowest BCUT2D eigenvalue weighted by molar-refractivity contribution is -0.151. The number of halogens is 4. The first-order chi connectivity index (χ1) is 36.6. The van der Waals surface area contributed by atoms with Gasteiger partial charge in [-0.05, 0) is 143 Å². The van der Waals surface area contributed by atoms with Gasteiger partial charge in [-0.3, -0.25) is 38.1 Å². The number of aliphatic hydroxyl groups is 1. The van der Waals surface area contributed by atoms with Crippen LogP contribution in [0.2, 0.25) is 5.15 Å². The average Bonchev–Trinajstić information content (AvgIpc) is 4.28. The molecule has 29 heteroatoms. The molecule has 77 heavy (non-hydrogen) atoms. The number of ketones is 1. The predicted molar refractivity (Wildman–Crippen MR) is 298 cm³/mol. The first-order valence-corrected chi connectivity index (χ1v) is 31.5. The van der Waals surface area contributed by atoms with Crippen LogP contribution >= 0.6 is 84.5 Å². The maximum Gasteiger partial charge on any atom is 0.341 e. The third-order valence-electron chi connectivity index (χ3n) is 11.3. The number of aromatic nitrogens is 4. The lowest BCUT2D eigenvalue weighted by Crippen LogP contribution is -2.21. The van der Waals surface area contributed by atoms with Crippen molar-refractivity contribution >= 4 is 152 Å². The molecule has 21 nitrogen and oxygen atoms in total. The Balaban J connectivity index is 0.000000257. The van der Waals surface area contributed by atoms with Gasteiger partial charge in [0.1, 0.15) is 37.8 Å². The van der Waals surface area contributed by atoms with E-state index in [-0.39, 0.29) is 72.6 Å². The Morgan fingerprint density at radius 2 is 1.08 bits per heavy atom. The lowest BCUT2D eigenvalue weighted by atomic mass is 9.99. The summed E-state index contributed by atoms with van der Waals surface area (Å²) >= 11 is 24.4. The van der Waals surface area contributed by atoms with Gasteiger partial charge in [0.05, 0.1) is 73.5 Å². The first-order valence-electron chi connectivity index (χ1n) is 24.3. The number of anilines is 1. The number of amides is 1. The molecule has 4 unspecified atom stereocenters. The molecule has 0 aliphatic heterocycles. The zero-order chi connectivity index (χ0) is 57.6. The van der Waals surface area contributed by atoms with Crippen LogP contribution in [0.4, 0.5) is 5.00 Å². The Hall–Kier alpha value is -4.78. The summed E-state index contributed by atoms with van der Waals surface area (Å²) in [5.74, 6) is -2.79. The van der Waals surface area contributed by atoms with E-state index in [2.05, 4.69) is 59.4 Å². The molecule has 1 saturated carbocycles. The molecule has 0 spiro atoms. The second kappa shape index (κ2) is 33.0. The molecule has 5 heterocycles. The topological polar surface area (TPSA) is 327 Å². The molecular weight excluding hydrogens is 1170 g/mol. The summed E-state index contributed by atoms with van der Waals surface area (Å²) in [6.45, 7) is 12.5. The number of nitrogens with zero attached hydrogens (tertiary/aromatic N) is 3. The summed E-state index contributed by atoms with van der Waals surface area (Å²) in [5, 5.41) is 6.59. The van der Waals surface area contributed by atoms with Gasteiger partial charge in [-0.15, -0.1) is 34.0 Å². The second-order valence-electron chi connectivity index (χ2n) is 16.1. The van der Waals surface area contributed by atoms with E-state index < -0.39 is 17.1 Å². The van der Waals surface area contributed by atoms with Gasteiger partial charge in [-0.25, -0.2) is 19.7 Å². The maximum atomic E-state index is 12.0. The third-order valence-corrected chi connectivity index (χ3v) is 15.0. The summed E-state index contributed by atoms with van der Waals surface area (Å²) in [6.07, 6.45) is 9.82. The fraction of sp³-hybridized carbons (Fsp3) is 0.521. The zero-order valence-electron chi connectivity index (χ0n) is 43.0. The number of hydrogen-bond donors (Lipinski definition) is 4. The number of nitrogen functional groups attached to an aromatic ring is 1. The molecule has 4 aliphatic rings. The molecule has 1 amide bonds. The molecule has 5 aromatic rings. The lowest BCUT2D eigenvalue weighted by Gasteiger charge is -2.11. The maximum absolute atomic E-state index is 12.0. The third kappa shape index (κ3) is 18.7. The number of hydrogen-bond acceptors (Lipinski definition) is 22. The predicted octanol–water partition coefficient (Wildman–Crippen LogP) is 9.44. The first kappa shape index (κ1) is 66.5. The van der Waals surface area contributed by atoms with Crippen LogP contribution < -0.4 is 17.0 Å². The van der Waals surface area contributed by atoms with Crippen molar-refractivity contribution in [3.63, 3.8) is 0 Å². The molecule has 0 aromatic carbocycles. The minimum absolute atomic E-state index is 0.0449. The van der Waals surface area contributed by atoms with Crippen molar-refractivity contribution in [1.82, 2.24) is 19.9 Å². The van der Waals surface area contributed by atoms with E-state index >= 15 is 0 Å². The largest absolute Gasteiger partial charge is 0.466 e. The van der Waals surface area contributed by atoms with Gasteiger partial charge in [0, 0.05) is 27.7 Å². The number of primary amides is 1. The van der Waals surface area contributed by atoms with Crippen LogP contribution in [0.1, 0.15) is 140 Å². The zero-order valence-corrected chi connectivity index (χ0v) is 49.4. The van der Waals surface area contributed by atoms with Crippen molar-refractivity contribution in [3.8, 4) is 0 Å². The molecule has 6 N–H and O–H groups in total. The number of ether oxygens (including phenoxy) is 5. The molecule has 1 fully saturated rings. The van der Waals surface area contributed by atoms with Crippen molar-refractivity contribution in [2.45, 2.75) is 117 Å². The Morgan fingerprint density at radius 3 is 1.51 bits per heavy atom. The van der Waals surface area contributed by atoms with Crippen LogP contribution in [0, 0.1) is 5.92 Å². The van der Waals surface area contributed by atoms with Gasteiger partial charge in [0.15, 0.2) is 0 Å². The molecule has 9 rings (SSSR count). The molecular formula is C48H61Cl4N6O15PS3. The van der Waals surface area contributed by atoms with Crippen LogP contribution in [0.25, 0.3) is 20.4 Å². The van der Waals surface area contributed by atoms with Crippen molar-refractivity contribution in [3.05, 3.63) is 65.0 Å². The van der Waals surface area contributed by atoms with Crippen LogP contribution in [0.5, 0.6) is 0 Å². The SMILES string of the molecule is CCO.CCOC(=O)C1CCCC1=O.CCOC(=O)C1CCc2sc3nc[nH]c(=O)c3c21.CCOC(=O)C1CCc2sc3ncnc(Cl)c3c21.CCOC(=O)c1c(N)sc2c1C(C(=O)OCC)CC2.NC=O.O=P(Cl)(Cl)Cl. The quantitative estimate of drug-likeness (QED) is 0.0252. The van der Waals surface area contributed by atoms with Crippen LogP contribution in [0.15, 0.2) is 17.4 Å². The molecule has 424 valence electrons. The number of rotatable bonds is 10. The molecule has 5 aromatic heterocycles. The molecule has 0 bridgehead atoms. The highest BCUT2D eigenvalue weighted by Crippen LogP contribution is 2.61. The summed E-state index contributed by atoms with van der Waals surface area (Å²) in [6, 6.07) is 0. The summed E-state index contributed by atoms with van der Waals surface area (Å²) in [4.78, 5) is 110. The number of fused-ring (bicyclic) bond motifs is 7. The van der Waals surface area contributed by atoms with Gasteiger partial charge in [0.2, 0.25) is 6.41 Å². The van der Waals surface area contributed by atoms with E-state index in [4.69, 9.17) is 50.9 Å². The number of aryl methyl sites for hydroxylation is 3. The number of nitrogens with two attached hydrogens (primary N) is 2. The highest BCUT2D eigenvalue weighted by Gasteiger charge is 2.39. The second-order valence-corrected chi connectivity index (χ2v) is 26.4. The Kier molecular flexibility index (Phi) is 28.5. The van der Waals surface area contributed by atoms with Crippen molar-refractivity contribution in [2.75, 3.05) is 45.4 Å². The van der Waals surface area contributed by atoms with E-state index in [9.17, 15) is 38.1 Å². The van der Waals surface area contributed by atoms with Gasteiger partial charge < -0.3 is 45.2 Å². The average molecular weight is 1230 g/mol. The van der Waals surface area contributed by atoms with Crippen molar-refractivity contribution < 1.29 is 66.9 Å². The van der Waals surface area contributed by atoms with E-state index in [0.717, 1.165) is 75.2 Å². The monoisotopic (exact) mass is 1230 g/mol. The smallest absolute Gasteiger partial charge is 0.341 e. The van der Waals surface area contributed by atoms with Crippen LogP contribution in [0.3, 0.4) is 0 Å². The van der Waals surface area contributed by atoms with E-state index in [0.29, 0.717) is 71.6 Å². The number of carbonyl (C=O) groups is 7. The van der Waals surface area contributed by atoms with Gasteiger partial charge in [-0.2, -0.15) is 0 Å². The minimum atomic E-state index is -3.22. The number of aromatic amines is 1. The number of nitrogens with one attached hydrogen (secondary N) is 1. The van der Waals surface area contributed by atoms with Crippen molar-refractivity contribution in [2.24, 2.45) is 11.7 Å². The van der Waals surface area contributed by atoms with Gasteiger partial charge >= 0.3 is 35.0 Å². The van der Waals surface area contributed by atoms with E-state index in [1.165, 1.54) is 40.2 Å². The molecule has 0 radical (unpaired) electrons. The Bertz CT molecular complexity index is 2940. The number of carbonyl (C=O) groups excluding carboxylic acids is 7. The summed E-state index contributed by atoms with van der Waals surface area (Å²) in [7, 11) is 0. The number of thiophene rings is 3. The molecule has 4 aliphatic carbocycles. The van der Waals surface area contributed by atoms with Crippen LogP contribution in [-0.2, 0) is 76.3 Å². The summed E-state index contributed by atoms with van der Waals surface area (Å²) < 4.78 is 34.5. The molecule has 0 saturated heterocycles. The van der Waals surface area contributed by atoms with Gasteiger partial charge in [-0.1, -0.05) is 11.6 Å². The van der Waals surface area contributed by atoms with Crippen LogP contribution in [-0.4, -0.2) is 107 Å². The van der Waals surface area contributed by atoms with Gasteiger partial charge in [0.25, 0.3) is 5.56 Å². The number of Topliss-reactive ketones (excluding diaryl/α,β-unsaturated/α-hetero) is 1. The fourth-order valence-electron chi connectivity index (χ4n) is 8.56. The standard InChI is InChI=1S/C13H17NO4S.C12H11ClN2O2S.C12H12N2O3S.C8H12O3.C2H6O.CH3NO.Cl3OP/c1-3-17-12(15)7-5-6-8-9(7)10(11(14)19-8)13(16)18-4-2;1-2-17-12(16)6-3-4-7-8(6)9-10(13)14-5-15-11(9)18-7;1-2-17-12(16)6-3-4-7-8(6)9-10(15)13-5-14-11(9)18-7;1-2-11-8(10)6-4-3-5-7(6)9;1-2-3;2-1-3;1-5(2,3)4/h7H,3-6,14H2,1-2H3;5-6H,2-4H2,1H3;5-6H,2-4H2,1H3,(H,13,14,15);6H,2-5H2,1H3;3H,2H2,1H3;1H,(H2,2,3);. The summed E-state index contributed by atoms with van der Waals surface area (Å²) in [5.41, 5.74) is 12.8. The minimum Gasteiger partial charge on any atom is -0.466 e. The number of aliphatic hydroxyl groups excluding tert-OH is 1. The fourth-order valence-corrected chi connectivity index (χ4v) is 12.4.